The van der Waals surface area contributed by atoms with E-state index in [2.05, 4.69) is 0 Å². The lowest BCUT2D eigenvalue weighted by molar-refractivity contribution is -0.319. The number of hydrogen-bond donors (Lipinski definition) is 0. The molecule has 2 aliphatic carbocycles. The highest BCUT2D eigenvalue weighted by atomic mass is 16.6. The summed E-state index contributed by atoms with van der Waals surface area (Å²) in [5, 5.41) is 0. The number of carbonyl (C=O) groups excluding carboxylic acids is 5. The quantitative estimate of drug-likeness (QED) is 0.291. The topological polar surface area (TPSA) is 141 Å². The van der Waals surface area contributed by atoms with Crippen molar-refractivity contribution >= 4 is 29.8 Å². The highest BCUT2D eigenvalue weighted by molar-refractivity contribution is 5.89. The van der Waals surface area contributed by atoms with E-state index in [1.54, 1.807) is 37.3 Å². The van der Waals surface area contributed by atoms with E-state index in [9.17, 15) is 24.0 Å². The minimum Gasteiger partial charge on any atom is -0.465 e. The molecule has 4 rings (SSSR count). The molecule has 0 radical (unpaired) electrons. The average molecular weight is 617 g/mol. The van der Waals surface area contributed by atoms with Crippen LogP contribution in [0.15, 0.2) is 30.3 Å². The molecule has 1 aromatic carbocycles. The number of hydrogen-bond acceptors (Lipinski definition) is 11. The lowest BCUT2D eigenvalue weighted by Crippen LogP contribution is -2.78. The Balaban J connectivity index is 2.03. The van der Waals surface area contributed by atoms with Gasteiger partial charge in [-0.25, -0.2) is 4.79 Å². The van der Waals surface area contributed by atoms with Gasteiger partial charge in [0.2, 0.25) is 0 Å². The zero-order chi connectivity index (χ0) is 32.6. The lowest BCUT2D eigenvalue weighted by Gasteiger charge is -2.63. The molecule has 0 N–H and O–H groups in total. The molecular weight excluding hydrogens is 572 g/mol. The van der Waals surface area contributed by atoms with Crippen molar-refractivity contribution in [2.75, 3.05) is 6.61 Å². The molecule has 1 saturated heterocycles. The van der Waals surface area contributed by atoms with Crippen LogP contribution in [0.3, 0.4) is 0 Å². The highest BCUT2D eigenvalue weighted by Gasteiger charge is 2.82. The van der Waals surface area contributed by atoms with Crippen LogP contribution in [0.1, 0.15) is 85.0 Å². The first-order chi connectivity index (χ1) is 20.6. The molecule has 44 heavy (non-hydrogen) atoms. The van der Waals surface area contributed by atoms with E-state index in [1.807, 2.05) is 27.7 Å². The Bertz CT molecular complexity index is 1280. The van der Waals surface area contributed by atoms with E-state index < -0.39 is 95.2 Å². The van der Waals surface area contributed by atoms with Crippen LogP contribution in [0.5, 0.6) is 0 Å². The summed E-state index contributed by atoms with van der Waals surface area (Å²) in [6.07, 6.45) is -3.54. The first kappa shape index (κ1) is 33.4. The molecule has 11 heteroatoms. The summed E-state index contributed by atoms with van der Waals surface area (Å²) in [6, 6.07) is 8.41. The summed E-state index contributed by atoms with van der Waals surface area (Å²) < 4.78 is 37.2. The van der Waals surface area contributed by atoms with Crippen molar-refractivity contribution in [3.05, 3.63) is 35.9 Å². The van der Waals surface area contributed by atoms with Crippen molar-refractivity contribution in [2.24, 2.45) is 23.2 Å². The molecule has 3 fully saturated rings. The standard InChI is InChI=1S/C33H44O11/c1-9-18(2)29(37)43-28-25(40-21(5)35)15-19(3)33-27(41-22(6)36)24(31(7,8)44-33)16-26(32(28,33)17-39-20(4)34)42-30(38)23-13-11-10-12-14-23/h10-14,18-19,24-28H,9,15-17H2,1-8H3/t18?,19-,24-,25+,26-,27+,28+,32-,33-/m1/s1. The Morgan fingerprint density at radius 3 is 2.09 bits per heavy atom. The maximum absolute atomic E-state index is 13.7. The molecule has 1 aliphatic heterocycles. The first-order valence-electron chi connectivity index (χ1n) is 15.2. The van der Waals surface area contributed by atoms with Gasteiger partial charge in [-0.05, 0) is 51.2 Å². The first-order valence-corrected chi connectivity index (χ1v) is 15.2. The molecule has 11 nitrogen and oxygen atoms in total. The Labute approximate surface area is 258 Å². The molecule has 3 aliphatic rings. The number of esters is 5. The van der Waals surface area contributed by atoms with Crippen LogP contribution in [0.25, 0.3) is 0 Å². The number of ether oxygens (including phenoxy) is 6. The smallest absolute Gasteiger partial charge is 0.338 e. The fourth-order valence-electron chi connectivity index (χ4n) is 7.61. The third kappa shape index (κ3) is 5.71. The summed E-state index contributed by atoms with van der Waals surface area (Å²) in [5.41, 5.74) is -3.77. The second-order valence-electron chi connectivity index (χ2n) is 12.9. The summed E-state index contributed by atoms with van der Waals surface area (Å²) in [4.78, 5) is 64.8. The Morgan fingerprint density at radius 1 is 0.886 bits per heavy atom. The minimum atomic E-state index is -1.66. The molecule has 1 aromatic rings. The Hall–Kier alpha value is -3.47. The molecule has 1 heterocycles. The maximum atomic E-state index is 13.7. The van der Waals surface area contributed by atoms with Gasteiger partial charge >= 0.3 is 29.8 Å². The molecule has 1 spiro atoms. The van der Waals surface area contributed by atoms with Crippen molar-refractivity contribution in [3.63, 3.8) is 0 Å². The van der Waals surface area contributed by atoms with Crippen molar-refractivity contribution in [1.29, 1.82) is 0 Å². The van der Waals surface area contributed by atoms with Crippen LogP contribution in [0.2, 0.25) is 0 Å². The van der Waals surface area contributed by atoms with E-state index in [1.165, 1.54) is 20.8 Å². The van der Waals surface area contributed by atoms with Crippen LogP contribution in [-0.4, -0.2) is 72.1 Å². The number of fused-ring (bicyclic) bond motifs is 1. The maximum Gasteiger partial charge on any atom is 0.338 e. The fraction of sp³-hybridized carbons (Fsp3) is 0.667. The predicted molar refractivity (Wildman–Crippen MR) is 155 cm³/mol. The van der Waals surface area contributed by atoms with E-state index in [0.717, 1.165) is 0 Å². The van der Waals surface area contributed by atoms with Crippen molar-refractivity contribution in [3.8, 4) is 0 Å². The van der Waals surface area contributed by atoms with Crippen molar-refractivity contribution in [1.82, 2.24) is 0 Å². The van der Waals surface area contributed by atoms with E-state index in [0.29, 0.717) is 6.42 Å². The lowest BCUT2D eigenvalue weighted by atomic mass is 9.47. The van der Waals surface area contributed by atoms with Crippen LogP contribution >= 0.6 is 0 Å². The minimum absolute atomic E-state index is 0.115. The molecule has 2 saturated carbocycles. The predicted octanol–water partition coefficient (Wildman–Crippen LogP) is 4.19. The van der Waals surface area contributed by atoms with Crippen LogP contribution in [-0.2, 0) is 47.6 Å². The van der Waals surface area contributed by atoms with Gasteiger partial charge in [-0.15, -0.1) is 0 Å². The van der Waals surface area contributed by atoms with Gasteiger partial charge in [0.15, 0.2) is 6.10 Å². The number of benzene rings is 1. The van der Waals surface area contributed by atoms with Crippen LogP contribution < -0.4 is 0 Å². The average Bonchev–Trinajstić information content (AvgIpc) is 3.11. The molecule has 0 amide bonds. The van der Waals surface area contributed by atoms with Gasteiger partial charge < -0.3 is 28.4 Å². The van der Waals surface area contributed by atoms with Gasteiger partial charge in [-0.2, -0.15) is 0 Å². The second-order valence-corrected chi connectivity index (χ2v) is 12.9. The number of rotatable bonds is 9. The van der Waals surface area contributed by atoms with Crippen LogP contribution in [0, 0.1) is 23.2 Å². The molecule has 242 valence electrons. The zero-order valence-electron chi connectivity index (χ0n) is 26.7. The van der Waals surface area contributed by atoms with E-state index in [-0.39, 0.29) is 18.4 Å². The second kappa shape index (κ2) is 12.5. The molecular formula is C33H44O11. The van der Waals surface area contributed by atoms with E-state index in [4.69, 9.17) is 28.4 Å². The number of carbonyl (C=O) groups is 5. The third-order valence-electron chi connectivity index (χ3n) is 9.69. The fourth-order valence-corrected chi connectivity index (χ4v) is 7.61. The van der Waals surface area contributed by atoms with Gasteiger partial charge in [0.1, 0.15) is 35.9 Å². The van der Waals surface area contributed by atoms with Gasteiger partial charge in [0.05, 0.1) is 17.1 Å². The monoisotopic (exact) mass is 616 g/mol. The van der Waals surface area contributed by atoms with Gasteiger partial charge in [-0.1, -0.05) is 39.0 Å². The molecule has 1 unspecified atom stereocenters. The summed E-state index contributed by atoms with van der Waals surface area (Å²) in [7, 11) is 0. The summed E-state index contributed by atoms with van der Waals surface area (Å²) in [6.45, 7) is 12.5. The van der Waals surface area contributed by atoms with Gasteiger partial charge in [0, 0.05) is 26.7 Å². The summed E-state index contributed by atoms with van der Waals surface area (Å²) in [5.74, 6) is -4.52. The van der Waals surface area contributed by atoms with Gasteiger partial charge in [-0.3, -0.25) is 19.2 Å². The molecule has 9 atom stereocenters. The van der Waals surface area contributed by atoms with Crippen molar-refractivity contribution in [2.45, 2.75) is 110 Å². The van der Waals surface area contributed by atoms with Crippen molar-refractivity contribution < 1.29 is 52.4 Å². The third-order valence-corrected chi connectivity index (χ3v) is 9.69. The SMILES string of the molecule is CCC(C)C(=O)O[C@H]1[C@@H](OC(C)=O)C[C@@H](C)[C@]23OC(C)(C)[C@H](C[C@@H](OC(=O)c4ccccc4)[C@]12COC(C)=O)[C@@H]3OC(C)=O. The summed E-state index contributed by atoms with van der Waals surface area (Å²) >= 11 is 0. The van der Waals surface area contributed by atoms with Crippen LogP contribution in [0.4, 0.5) is 0 Å². The Kier molecular flexibility index (Phi) is 9.49. The zero-order valence-corrected chi connectivity index (χ0v) is 26.7. The largest absolute Gasteiger partial charge is 0.465 e. The van der Waals surface area contributed by atoms with Gasteiger partial charge in [0.25, 0.3) is 0 Å². The molecule has 0 aromatic heterocycles. The molecule has 2 bridgehead atoms. The Morgan fingerprint density at radius 2 is 1.52 bits per heavy atom. The van der Waals surface area contributed by atoms with E-state index >= 15 is 0 Å². The normalized spacial score (nSPS) is 34.1. The highest BCUT2D eigenvalue weighted by Crippen LogP contribution is 2.68.